The van der Waals surface area contributed by atoms with Crippen molar-refractivity contribution >= 4 is 40.0 Å². The highest BCUT2D eigenvalue weighted by Gasteiger charge is 1.85. The SMILES string of the molecule is Cl[SiH](Cl)Cl.N. The standard InChI is InChI=1S/Cl3HSi.H3N/c1-4(2)3;/h4H;1H3. The van der Waals surface area contributed by atoms with Crippen molar-refractivity contribution < 1.29 is 0 Å². The van der Waals surface area contributed by atoms with Gasteiger partial charge in [-0.25, -0.2) is 0 Å². The minimum atomic E-state index is -1.72. The average Bonchev–Trinajstić information content (AvgIpc) is 0.811. The number of rotatable bonds is 0. The van der Waals surface area contributed by atoms with Gasteiger partial charge < -0.3 is 6.15 Å². The summed E-state index contributed by atoms with van der Waals surface area (Å²) in [5.41, 5.74) is 0. The van der Waals surface area contributed by atoms with Crippen LogP contribution in [0.2, 0.25) is 0 Å². The molecule has 34 valence electrons. The number of halogens is 3. The zero-order valence-corrected chi connectivity index (χ0v) is 5.84. The molecule has 0 fully saturated rings. The molecule has 0 saturated heterocycles. The Labute approximate surface area is 46.5 Å². The van der Waals surface area contributed by atoms with Crippen LogP contribution in [0.4, 0.5) is 0 Å². The molecular formula is H4Cl3NSi. The Morgan fingerprint density at radius 1 is 1.00 bits per heavy atom. The number of hydrogen-bond acceptors (Lipinski definition) is 1. The smallest absolute Gasteiger partial charge is 0.326 e. The van der Waals surface area contributed by atoms with E-state index in [-0.39, 0.29) is 6.15 Å². The molecular weight excluding hydrogens is 148 g/mol. The van der Waals surface area contributed by atoms with Crippen molar-refractivity contribution in [2.75, 3.05) is 0 Å². The Balaban J connectivity index is 0. The molecule has 1 nitrogen and oxygen atoms in total. The summed E-state index contributed by atoms with van der Waals surface area (Å²) in [6.45, 7) is -1.72. The maximum atomic E-state index is 4.94. The van der Waals surface area contributed by atoms with Crippen molar-refractivity contribution in [2.24, 2.45) is 0 Å². The third kappa shape index (κ3) is 42.8. The molecule has 0 aliphatic rings. The van der Waals surface area contributed by atoms with E-state index in [9.17, 15) is 0 Å². The third-order valence-electron chi connectivity index (χ3n) is 0. The van der Waals surface area contributed by atoms with Gasteiger partial charge in [-0.1, -0.05) is 0 Å². The van der Waals surface area contributed by atoms with Gasteiger partial charge >= 0.3 is 6.73 Å². The maximum Gasteiger partial charge on any atom is 0.326 e. The predicted molar refractivity (Wildman–Crippen MR) is 29.7 cm³/mol. The van der Waals surface area contributed by atoms with Crippen LogP contribution in [0.1, 0.15) is 0 Å². The minimum Gasteiger partial charge on any atom is -0.344 e. The van der Waals surface area contributed by atoms with Gasteiger partial charge in [0.05, 0.1) is 0 Å². The molecule has 0 aromatic carbocycles. The quantitative estimate of drug-likeness (QED) is 0.415. The second-order valence-corrected chi connectivity index (χ2v) is 6.68. The molecule has 0 amide bonds. The van der Waals surface area contributed by atoms with E-state index in [4.69, 9.17) is 33.2 Å². The number of hydrogen-bond donors (Lipinski definition) is 1. The second-order valence-electron chi connectivity index (χ2n) is 0.247. The minimum absolute atomic E-state index is 0. The molecule has 0 aliphatic heterocycles. The molecule has 5 heavy (non-hydrogen) atoms. The van der Waals surface area contributed by atoms with Crippen LogP contribution in [0.25, 0.3) is 0 Å². The van der Waals surface area contributed by atoms with Crippen LogP contribution in [0.5, 0.6) is 0 Å². The van der Waals surface area contributed by atoms with E-state index in [0.717, 1.165) is 0 Å². The molecule has 0 radical (unpaired) electrons. The summed E-state index contributed by atoms with van der Waals surface area (Å²) in [5.74, 6) is 0. The topological polar surface area (TPSA) is 35.0 Å². The normalized spacial score (nSPS) is 7.20. The van der Waals surface area contributed by atoms with Crippen LogP contribution >= 0.6 is 33.2 Å². The molecule has 0 spiro atoms. The van der Waals surface area contributed by atoms with Crippen molar-refractivity contribution in [1.29, 1.82) is 0 Å². The lowest BCUT2D eigenvalue weighted by Gasteiger charge is -1.65. The highest BCUT2D eigenvalue weighted by molar-refractivity contribution is 7.54. The first kappa shape index (κ1) is 9.40. The lowest BCUT2D eigenvalue weighted by molar-refractivity contribution is 2.13. The fraction of sp³-hybridized carbons (Fsp3) is 0. The van der Waals surface area contributed by atoms with Gasteiger partial charge in [0, 0.05) is 0 Å². The predicted octanol–water partition coefficient (Wildman–Crippen LogP) is 1.58. The van der Waals surface area contributed by atoms with Crippen molar-refractivity contribution in [3.05, 3.63) is 0 Å². The van der Waals surface area contributed by atoms with E-state index >= 15 is 0 Å². The van der Waals surface area contributed by atoms with Crippen LogP contribution in [0.3, 0.4) is 0 Å². The van der Waals surface area contributed by atoms with E-state index in [1.807, 2.05) is 0 Å². The van der Waals surface area contributed by atoms with E-state index in [1.54, 1.807) is 0 Å². The van der Waals surface area contributed by atoms with Gasteiger partial charge in [-0.2, -0.15) is 0 Å². The highest BCUT2D eigenvalue weighted by Crippen LogP contribution is 1.97. The lowest BCUT2D eigenvalue weighted by Crippen LogP contribution is -1.66. The first-order valence-electron chi connectivity index (χ1n) is 0.655. The summed E-state index contributed by atoms with van der Waals surface area (Å²) >= 11 is 14.8. The van der Waals surface area contributed by atoms with Gasteiger partial charge in [0.15, 0.2) is 0 Å². The van der Waals surface area contributed by atoms with Crippen molar-refractivity contribution in [3.63, 3.8) is 0 Å². The second kappa shape index (κ2) is 5.05. The van der Waals surface area contributed by atoms with E-state index in [1.165, 1.54) is 0 Å². The Hall–Kier alpha value is 1.05. The van der Waals surface area contributed by atoms with Gasteiger partial charge in [0.25, 0.3) is 0 Å². The molecule has 5 heteroatoms. The molecule has 0 saturated carbocycles. The lowest BCUT2D eigenvalue weighted by atomic mass is 14.0. The summed E-state index contributed by atoms with van der Waals surface area (Å²) in [6, 6.07) is 0. The largest absolute Gasteiger partial charge is 0.344 e. The van der Waals surface area contributed by atoms with E-state index in [0.29, 0.717) is 0 Å². The molecule has 0 heterocycles. The van der Waals surface area contributed by atoms with Crippen LogP contribution < -0.4 is 6.15 Å². The molecule has 0 aromatic rings. The Bertz CT molecular complexity index is 11.6. The molecule has 0 atom stereocenters. The van der Waals surface area contributed by atoms with E-state index in [2.05, 4.69) is 0 Å². The summed E-state index contributed by atoms with van der Waals surface area (Å²) < 4.78 is 0. The monoisotopic (exact) mass is 151 g/mol. The Morgan fingerprint density at radius 2 is 1.00 bits per heavy atom. The van der Waals surface area contributed by atoms with Crippen LogP contribution in [0.15, 0.2) is 0 Å². The first-order chi connectivity index (χ1) is 1.73. The molecule has 0 unspecified atom stereocenters. The Kier molecular flexibility index (Phi) is 9.49. The molecule has 0 bridgehead atoms. The molecule has 0 aliphatic carbocycles. The summed E-state index contributed by atoms with van der Waals surface area (Å²) in [6.07, 6.45) is 0. The molecule has 3 N–H and O–H groups in total. The van der Waals surface area contributed by atoms with Gasteiger partial charge in [0.1, 0.15) is 0 Å². The van der Waals surface area contributed by atoms with Crippen molar-refractivity contribution in [1.82, 2.24) is 6.15 Å². The van der Waals surface area contributed by atoms with Gasteiger partial charge in [0.2, 0.25) is 0 Å². The van der Waals surface area contributed by atoms with Gasteiger partial charge in [-0.3, -0.25) is 0 Å². The Morgan fingerprint density at radius 3 is 1.00 bits per heavy atom. The summed E-state index contributed by atoms with van der Waals surface area (Å²) in [5, 5.41) is 0. The summed E-state index contributed by atoms with van der Waals surface area (Å²) in [7, 11) is 0. The third-order valence-corrected chi connectivity index (χ3v) is 0. The maximum absolute atomic E-state index is 4.94. The summed E-state index contributed by atoms with van der Waals surface area (Å²) in [4.78, 5) is 0. The van der Waals surface area contributed by atoms with Crippen LogP contribution in [-0.2, 0) is 0 Å². The van der Waals surface area contributed by atoms with E-state index < -0.39 is 6.73 Å². The zero-order chi connectivity index (χ0) is 3.58. The molecule has 0 aromatic heterocycles. The van der Waals surface area contributed by atoms with Crippen molar-refractivity contribution in [2.45, 2.75) is 0 Å². The fourth-order valence-corrected chi connectivity index (χ4v) is 0. The van der Waals surface area contributed by atoms with Gasteiger partial charge in [-0.05, 0) is 0 Å². The van der Waals surface area contributed by atoms with Crippen molar-refractivity contribution in [3.8, 4) is 0 Å². The first-order valence-corrected chi connectivity index (χ1v) is 5.89. The van der Waals surface area contributed by atoms with Crippen LogP contribution in [0, 0.1) is 0 Å². The van der Waals surface area contributed by atoms with Crippen LogP contribution in [-0.4, -0.2) is 6.73 Å². The molecule has 0 rings (SSSR count). The van der Waals surface area contributed by atoms with Gasteiger partial charge in [-0.15, -0.1) is 33.2 Å². The average molecular weight is 152 g/mol. The zero-order valence-electron chi connectivity index (χ0n) is 2.42. The fourth-order valence-electron chi connectivity index (χ4n) is 0. The highest BCUT2D eigenvalue weighted by atomic mass is 35.8.